The molecular formula is C51H42N4Na4O11S3. The zero-order valence-electron chi connectivity index (χ0n) is 40.4. The first-order valence-corrected chi connectivity index (χ1v) is 25.9. The number of nitrogens with one attached hydrogen (secondary N) is 2. The van der Waals surface area contributed by atoms with Crippen LogP contribution in [0, 0.1) is 0 Å². The van der Waals surface area contributed by atoms with Crippen molar-refractivity contribution in [2.45, 2.75) is 53.2 Å². The van der Waals surface area contributed by atoms with Crippen molar-refractivity contribution in [3.05, 3.63) is 150 Å². The van der Waals surface area contributed by atoms with Gasteiger partial charge >= 0.3 is 5.97 Å². The number of hydrogen-bond donors (Lipinski definition) is 6. The van der Waals surface area contributed by atoms with Crippen LogP contribution in [-0.4, -0.2) is 188 Å². The van der Waals surface area contributed by atoms with Gasteiger partial charge in [0.2, 0.25) is 0 Å². The fraction of sp³-hybridized carbons (Fsp3) is 0.118. The van der Waals surface area contributed by atoms with Crippen molar-refractivity contribution >= 4 is 201 Å². The maximum Gasteiger partial charge on any atom is 0.303 e. The van der Waals surface area contributed by atoms with E-state index in [1.165, 1.54) is 36.4 Å². The number of unbranched alkanes of at least 4 members (excludes halogenated alkanes) is 3. The number of aliphatic carboxylic acids is 1. The molecule has 0 aliphatic carbocycles. The summed E-state index contributed by atoms with van der Waals surface area (Å²) < 4.78 is 102. The molecule has 0 saturated heterocycles. The van der Waals surface area contributed by atoms with E-state index in [2.05, 4.69) is 22.1 Å². The normalized spacial score (nSPS) is 12.0. The van der Waals surface area contributed by atoms with Crippen molar-refractivity contribution in [2.75, 3.05) is 0 Å². The van der Waals surface area contributed by atoms with Gasteiger partial charge in [-0.15, -0.1) is 0 Å². The van der Waals surface area contributed by atoms with E-state index in [1.807, 2.05) is 48.6 Å². The van der Waals surface area contributed by atoms with Gasteiger partial charge in [-0.05, 0) is 132 Å². The summed E-state index contributed by atoms with van der Waals surface area (Å²) in [6.45, 7) is 0. The number of aryl methyl sites for hydroxylation is 1. The minimum atomic E-state index is -4.53. The van der Waals surface area contributed by atoms with Crippen LogP contribution in [0.4, 0.5) is 0 Å². The number of carboxylic acids is 1. The van der Waals surface area contributed by atoms with Crippen LogP contribution in [-0.2, 0) is 41.6 Å². The Kier molecular flexibility index (Phi) is 20.9. The van der Waals surface area contributed by atoms with E-state index in [9.17, 15) is 43.7 Å². The van der Waals surface area contributed by atoms with Gasteiger partial charge in [0, 0.05) is 169 Å². The van der Waals surface area contributed by atoms with Gasteiger partial charge in [0.15, 0.2) is 0 Å². The second kappa shape index (κ2) is 25.2. The Balaban J connectivity index is 0.00000247. The van der Waals surface area contributed by atoms with E-state index in [0.29, 0.717) is 84.6 Å². The molecule has 22 heteroatoms. The van der Waals surface area contributed by atoms with Crippen LogP contribution >= 0.6 is 0 Å². The van der Waals surface area contributed by atoms with Crippen LogP contribution in [0.5, 0.6) is 0 Å². The molecule has 4 radical (unpaired) electrons. The number of H-pyrrole nitrogens is 2. The minimum absolute atomic E-state index is 0. The maximum atomic E-state index is 12.1. The van der Waals surface area contributed by atoms with Crippen molar-refractivity contribution in [1.82, 2.24) is 19.9 Å². The van der Waals surface area contributed by atoms with Gasteiger partial charge in [-0.3, -0.25) is 18.5 Å². The summed E-state index contributed by atoms with van der Waals surface area (Å²) in [5.41, 5.74) is 10.4. The Labute approximate surface area is 510 Å². The van der Waals surface area contributed by atoms with Gasteiger partial charge in [0.05, 0.1) is 37.5 Å². The summed E-state index contributed by atoms with van der Waals surface area (Å²) in [5, 5.41) is 8.99. The standard InChI is InChI=1S/C51H42N4O11S3.4Na/c56-47(57)6-4-2-1-3-5-31-7-9-32(10-8-31)48-39-23-25-41(52-39)49(33-11-17-36(18-12-33)67(58,59)60)43-27-29-45(54-43)51(35-15-21-38(22-16-35)69(64,65)66)46-30-28-44(55-46)50(42-26-24-40(48)53-42)34-13-19-37(20-14-34)68(61,62)63;;;;/h7-30,52,55H,1-6H2,(H,56,57)(H,58,59,60)(H,61,62,63)(H,64,65,66);;;;. The second-order valence-corrected chi connectivity index (χ2v) is 20.8. The molecule has 9 rings (SSSR count). The number of nitrogens with zero attached hydrogens (tertiary/aromatic N) is 2. The Bertz CT molecular complexity index is 3700. The molecule has 354 valence electrons. The summed E-state index contributed by atoms with van der Waals surface area (Å²) in [4.78, 5) is 27.5. The molecule has 4 aromatic carbocycles. The fourth-order valence-electron chi connectivity index (χ4n) is 8.60. The Morgan fingerprint density at radius 3 is 0.945 bits per heavy atom. The fourth-order valence-corrected chi connectivity index (χ4v) is 10.0. The van der Waals surface area contributed by atoms with E-state index >= 15 is 0 Å². The molecule has 0 fully saturated rings. The Morgan fingerprint density at radius 1 is 0.397 bits per heavy atom. The van der Waals surface area contributed by atoms with Gasteiger partial charge in [0.1, 0.15) is 0 Å². The molecule has 73 heavy (non-hydrogen) atoms. The van der Waals surface area contributed by atoms with Crippen molar-refractivity contribution in [3.8, 4) is 44.5 Å². The average Bonchev–Trinajstić information content (AvgIpc) is 4.16. The first-order chi connectivity index (χ1) is 32.9. The summed E-state index contributed by atoms with van der Waals surface area (Å²) in [6.07, 6.45) is 11.5. The van der Waals surface area contributed by atoms with Crippen molar-refractivity contribution in [1.29, 1.82) is 0 Å². The molecule has 0 atom stereocenters. The number of aromatic nitrogens is 4. The third-order valence-corrected chi connectivity index (χ3v) is 14.5. The number of benzene rings is 4. The molecule has 7 aromatic rings. The number of aromatic amines is 2. The van der Waals surface area contributed by atoms with Crippen molar-refractivity contribution in [3.63, 3.8) is 0 Å². The molecule has 6 N–H and O–H groups in total. The van der Waals surface area contributed by atoms with Gasteiger partial charge in [0.25, 0.3) is 30.4 Å². The predicted molar refractivity (Wildman–Crippen MR) is 287 cm³/mol. The van der Waals surface area contributed by atoms with E-state index < -0.39 is 36.3 Å². The van der Waals surface area contributed by atoms with Crippen molar-refractivity contribution < 1.29 is 48.8 Å². The molecule has 15 nitrogen and oxygen atoms in total. The summed E-state index contributed by atoms with van der Waals surface area (Å²) in [5.74, 6) is -0.798. The van der Waals surface area contributed by atoms with Gasteiger partial charge < -0.3 is 15.1 Å². The summed E-state index contributed by atoms with van der Waals surface area (Å²) >= 11 is 0. The van der Waals surface area contributed by atoms with E-state index in [-0.39, 0.29) is 139 Å². The van der Waals surface area contributed by atoms with Crippen LogP contribution in [0.15, 0.2) is 136 Å². The molecule has 3 aromatic heterocycles. The molecule has 0 saturated carbocycles. The molecule has 2 aliphatic heterocycles. The number of fused-ring (bicyclic) bond motifs is 8. The topological polar surface area (TPSA) is 258 Å². The van der Waals surface area contributed by atoms with Crippen LogP contribution in [0.3, 0.4) is 0 Å². The number of carboxylic acid groups (broad SMARTS) is 1. The average molecular weight is 1080 g/mol. The predicted octanol–water partition coefficient (Wildman–Crippen LogP) is 9.12. The number of rotatable bonds is 14. The van der Waals surface area contributed by atoms with Gasteiger partial charge in [-0.2, -0.15) is 25.3 Å². The third-order valence-electron chi connectivity index (χ3n) is 11.9. The maximum absolute atomic E-state index is 12.1. The first kappa shape index (κ1) is 60.5. The number of carbonyl (C=O) groups is 1. The van der Waals surface area contributed by atoms with Crippen LogP contribution in [0.1, 0.15) is 60.4 Å². The quantitative estimate of drug-likeness (QED) is 0.0338. The van der Waals surface area contributed by atoms with Gasteiger partial charge in [-0.25, -0.2) is 9.97 Å². The zero-order chi connectivity index (χ0) is 48.7. The molecule has 0 unspecified atom stereocenters. The van der Waals surface area contributed by atoms with Crippen LogP contribution in [0.2, 0.25) is 0 Å². The van der Waals surface area contributed by atoms with Crippen LogP contribution in [0.25, 0.3) is 90.9 Å². The SMILES string of the molecule is O=C(O)CCCCCCc1ccc(-c2c3nc(c(-c4ccc(S(=O)(=O)O)cc4)c4ccc([nH]4)c(-c4ccc(S(=O)(=O)O)cc4)c4nc(c(-c5ccc(S(=O)(=O)O)cc5)c5ccc2[nH]5)C=C4)C=C3)cc1.[Na].[Na].[Na].[Na]. The molecule has 2 aliphatic rings. The largest absolute Gasteiger partial charge is 0.481 e. The molecule has 0 spiro atoms. The molecule has 0 amide bonds. The summed E-state index contributed by atoms with van der Waals surface area (Å²) in [7, 11) is -13.6. The first-order valence-electron chi connectivity index (χ1n) is 21.6. The zero-order valence-corrected chi connectivity index (χ0v) is 50.8. The number of hydrogen-bond acceptors (Lipinski definition) is 9. The Morgan fingerprint density at radius 2 is 0.671 bits per heavy atom. The molecule has 5 heterocycles. The second-order valence-electron chi connectivity index (χ2n) is 16.5. The third kappa shape index (κ3) is 14.0. The van der Waals surface area contributed by atoms with Gasteiger partial charge in [-0.1, -0.05) is 73.5 Å². The molecular weight excluding hydrogens is 1030 g/mol. The van der Waals surface area contributed by atoms with E-state index in [1.54, 1.807) is 48.6 Å². The monoisotopic (exact) mass is 1070 g/mol. The Hall–Kier alpha value is -3.32. The van der Waals surface area contributed by atoms with Crippen molar-refractivity contribution in [2.24, 2.45) is 0 Å². The summed E-state index contributed by atoms with van der Waals surface area (Å²) in [6, 6.07) is 32.7. The van der Waals surface area contributed by atoms with E-state index in [4.69, 9.17) is 15.1 Å². The van der Waals surface area contributed by atoms with E-state index in [0.717, 1.165) is 42.4 Å². The molecule has 8 bridgehead atoms. The van der Waals surface area contributed by atoms with Crippen LogP contribution < -0.4 is 0 Å². The smallest absolute Gasteiger partial charge is 0.303 e. The minimum Gasteiger partial charge on any atom is -0.481 e.